The second-order valence-corrected chi connectivity index (χ2v) is 6.30. The van der Waals surface area contributed by atoms with Crippen molar-refractivity contribution in [2.24, 2.45) is 0 Å². The Balaban J connectivity index is 1.77. The Kier molecular flexibility index (Phi) is 6.79. The van der Waals surface area contributed by atoms with Gasteiger partial charge in [-0.25, -0.2) is 9.78 Å². The van der Waals surface area contributed by atoms with E-state index in [2.05, 4.69) is 27.3 Å². The first-order valence-electron chi connectivity index (χ1n) is 7.81. The van der Waals surface area contributed by atoms with Crippen LogP contribution in [-0.4, -0.2) is 42.8 Å². The van der Waals surface area contributed by atoms with E-state index in [9.17, 15) is 9.59 Å². The van der Waals surface area contributed by atoms with Crippen LogP contribution in [0.4, 0.5) is 9.93 Å². The zero-order chi connectivity index (χ0) is 16.7. The molecule has 1 fully saturated rings. The number of thiazole rings is 1. The maximum Gasteiger partial charge on any atom is 0.321 e. The van der Waals surface area contributed by atoms with Gasteiger partial charge in [-0.2, -0.15) is 0 Å². The Labute approximate surface area is 139 Å². The number of nitrogens with one attached hydrogen (secondary N) is 2. The molecule has 2 unspecified atom stereocenters. The van der Waals surface area contributed by atoms with Crippen LogP contribution < -0.4 is 10.6 Å². The molecule has 1 aliphatic rings. The molecule has 0 bridgehead atoms. The van der Waals surface area contributed by atoms with Gasteiger partial charge >= 0.3 is 12.0 Å². The van der Waals surface area contributed by atoms with E-state index in [0.717, 1.165) is 25.0 Å². The molecule has 2 atom stereocenters. The molecule has 1 aromatic heterocycles. The number of ether oxygens (including phenoxy) is 2. The summed E-state index contributed by atoms with van der Waals surface area (Å²) in [6.45, 7) is 2.76. The maximum absolute atomic E-state index is 12.0. The first-order chi connectivity index (χ1) is 11.1. The minimum atomic E-state index is -0.268. The van der Waals surface area contributed by atoms with Gasteiger partial charge in [0.1, 0.15) is 0 Å². The third-order valence-corrected chi connectivity index (χ3v) is 4.55. The van der Waals surface area contributed by atoms with Gasteiger partial charge in [0.05, 0.1) is 25.3 Å². The molecule has 7 nitrogen and oxygen atoms in total. The topological polar surface area (TPSA) is 89.6 Å². The Morgan fingerprint density at radius 1 is 1.52 bits per heavy atom. The summed E-state index contributed by atoms with van der Waals surface area (Å²) in [5.74, 6) is -0.268. The van der Waals surface area contributed by atoms with E-state index in [4.69, 9.17) is 4.74 Å². The number of hydrogen-bond acceptors (Lipinski definition) is 6. The van der Waals surface area contributed by atoms with Crippen LogP contribution in [0.5, 0.6) is 0 Å². The molecular formula is C15H23N3O4S. The van der Waals surface area contributed by atoms with Crippen LogP contribution >= 0.6 is 11.3 Å². The van der Waals surface area contributed by atoms with Gasteiger partial charge in [0.2, 0.25) is 0 Å². The van der Waals surface area contributed by atoms with Crippen LogP contribution in [0.3, 0.4) is 0 Å². The molecule has 8 heteroatoms. The lowest BCUT2D eigenvalue weighted by Crippen LogP contribution is -2.43. The fourth-order valence-corrected chi connectivity index (χ4v) is 3.17. The van der Waals surface area contributed by atoms with E-state index in [1.165, 1.54) is 18.4 Å². The predicted molar refractivity (Wildman–Crippen MR) is 87.7 cm³/mol. The summed E-state index contributed by atoms with van der Waals surface area (Å²) in [6.07, 6.45) is 3.63. The molecule has 0 radical (unpaired) electrons. The van der Waals surface area contributed by atoms with Crippen molar-refractivity contribution >= 4 is 28.5 Å². The van der Waals surface area contributed by atoms with Gasteiger partial charge in [0.25, 0.3) is 0 Å². The highest BCUT2D eigenvalue weighted by Gasteiger charge is 2.22. The zero-order valence-electron chi connectivity index (χ0n) is 13.5. The molecule has 2 rings (SSSR count). The van der Waals surface area contributed by atoms with Crippen LogP contribution in [-0.2, 0) is 20.7 Å². The minimum absolute atomic E-state index is 0.132. The summed E-state index contributed by atoms with van der Waals surface area (Å²) in [4.78, 5) is 27.4. The molecule has 1 aromatic rings. The molecule has 2 N–H and O–H groups in total. The molecule has 23 heavy (non-hydrogen) atoms. The number of rotatable bonds is 6. The summed E-state index contributed by atoms with van der Waals surface area (Å²) >= 11 is 1.34. The smallest absolute Gasteiger partial charge is 0.321 e. The van der Waals surface area contributed by atoms with E-state index in [1.807, 2.05) is 5.38 Å². The summed E-state index contributed by atoms with van der Waals surface area (Å²) in [6, 6.07) is -0.118. The fraction of sp³-hybridized carbons (Fsp3) is 0.667. The normalized spacial score (nSPS) is 20.8. The van der Waals surface area contributed by atoms with Crippen molar-refractivity contribution in [3.05, 3.63) is 11.1 Å². The van der Waals surface area contributed by atoms with Crippen LogP contribution in [0, 0.1) is 0 Å². The average Bonchev–Trinajstić information content (AvgIpc) is 2.99. The van der Waals surface area contributed by atoms with Gasteiger partial charge in [-0.1, -0.05) is 6.92 Å². The number of hydrogen-bond donors (Lipinski definition) is 2. The van der Waals surface area contributed by atoms with E-state index in [0.29, 0.717) is 18.2 Å². The standard InChI is InChI=1S/C15H23N3O4S/c1-3-12-8-10(6-7-22-12)16-14(20)18-15-17-11(9-23-15)4-5-13(19)21-2/h9-10,12H,3-8H2,1-2H3,(H2,16,17,18,20). The van der Waals surface area contributed by atoms with Crippen LogP contribution in [0.2, 0.25) is 0 Å². The molecule has 1 aliphatic heterocycles. The van der Waals surface area contributed by atoms with Crippen molar-refractivity contribution in [1.29, 1.82) is 0 Å². The third-order valence-electron chi connectivity index (χ3n) is 3.74. The second-order valence-electron chi connectivity index (χ2n) is 5.44. The molecule has 2 amide bonds. The van der Waals surface area contributed by atoms with Gasteiger partial charge in [-0.05, 0) is 19.3 Å². The number of esters is 1. The molecule has 1 saturated heterocycles. The first-order valence-corrected chi connectivity index (χ1v) is 8.69. The van der Waals surface area contributed by atoms with Gasteiger partial charge in [0, 0.05) is 24.4 Å². The molecule has 2 heterocycles. The van der Waals surface area contributed by atoms with Crippen LogP contribution in [0.1, 0.15) is 38.3 Å². The quantitative estimate of drug-likeness (QED) is 0.775. The SMILES string of the molecule is CCC1CC(NC(=O)Nc2nc(CCC(=O)OC)cs2)CCO1. The van der Waals surface area contributed by atoms with Gasteiger partial charge in [-0.3, -0.25) is 10.1 Å². The first kappa shape index (κ1) is 17.7. The second kappa shape index (κ2) is 8.83. The highest BCUT2D eigenvalue weighted by Crippen LogP contribution is 2.18. The summed E-state index contributed by atoms with van der Waals surface area (Å²) < 4.78 is 10.2. The van der Waals surface area contributed by atoms with Crippen molar-refractivity contribution in [3.63, 3.8) is 0 Å². The number of methoxy groups -OCH3 is 1. The van der Waals surface area contributed by atoms with Crippen molar-refractivity contribution < 1.29 is 19.1 Å². The zero-order valence-corrected chi connectivity index (χ0v) is 14.3. The fourth-order valence-electron chi connectivity index (χ4n) is 2.43. The Morgan fingerprint density at radius 3 is 3.09 bits per heavy atom. The number of amides is 2. The molecule has 128 valence electrons. The van der Waals surface area contributed by atoms with Crippen molar-refractivity contribution in [2.45, 2.75) is 51.2 Å². The highest BCUT2D eigenvalue weighted by atomic mass is 32.1. The minimum Gasteiger partial charge on any atom is -0.469 e. The van der Waals surface area contributed by atoms with E-state index < -0.39 is 0 Å². The van der Waals surface area contributed by atoms with Crippen molar-refractivity contribution in [2.75, 3.05) is 19.0 Å². The number of aromatic nitrogens is 1. The number of carbonyl (C=O) groups is 2. The number of anilines is 1. The number of nitrogens with zero attached hydrogens (tertiary/aromatic N) is 1. The number of urea groups is 1. The van der Waals surface area contributed by atoms with Crippen molar-refractivity contribution in [3.8, 4) is 0 Å². The molecule has 0 saturated carbocycles. The Hall–Kier alpha value is -1.67. The average molecular weight is 341 g/mol. The highest BCUT2D eigenvalue weighted by molar-refractivity contribution is 7.13. The lowest BCUT2D eigenvalue weighted by Gasteiger charge is -2.29. The van der Waals surface area contributed by atoms with E-state index in [1.54, 1.807) is 0 Å². The van der Waals surface area contributed by atoms with Crippen molar-refractivity contribution in [1.82, 2.24) is 10.3 Å². The molecular weight excluding hydrogens is 318 g/mol. The summed E-state index contributed by atoms with van der Waals surface area (Å²) in [7, 11) is 1.36. The van der Waals surface area contributed by atoms with Crippen LogP contribution in [0.25, 0.3) is 0 Å². The monoisotopic (exact) mass is 341 g/mol. The number of carbonyl (C=O) groups excluding carboxylic acids is 2. The maximum atomic E-state index is 12.0. The molecule has 0 aliphatic carbocycles. The Bertz CT molecular complexity index is 535. The lowest BCUT2D eigenvalue weighted by atomic mass is 10.0. The van der Waals surface area contributed by atoms with E-state index in [-0.39, 0.29) is 30.6 Å². The van der Waals surface area contributed by atoms with Gasteiger partial charge in [0.15, 0.2) is 5.13 Å². The molecule has 0 aromatic carbocycles. The number of aryl methyl sites for hydroxylation is 1. The van der Waals surface area contributed by atoms with Gasteiger partial charge < -0.3 is 14.8 Å². The predicted octanol–water partition coefficient (Wildman–Crippen LogP) is 2.33. The third kappa shape index (κ3) is 5.80. The lowest BCUT2D eigenvalue weighted by molar-refractivity contribution is -0.140. The largest absolute Gasteiger partial charge is 0.469 e. The molecule has 0 spiro atoms. The van der Waals surface area contributed by atoms with Gasteiger partial charge in [-0.15, -0.1) is 11.3 Å². The summed E-state index contributed by atoms with van der Waals surface area (Å²) in [5, 5.41) is 8.07. The summed E-state index contributed by atoms with van der Waals surface area (Å²) in [5.41, 5.74) is 0.771. The van der Waals surface area contributed by atoms with Crippen LogP contribution in [0.15, 0.2) is 5.38 Å². The van der Waals surface area contributed by atoms with E-state index >= 15 is 0 Å². The Morgan fingerprint density at radius 2 is 2.35 bits per heavy atom.